The molecule has 1 aliphatic rings. The fraction of sp³-hybridized carbons (Fsp3) is 0.529. The maximum absolute atomic E-state index is 12.3. The van der Waals surface area contributed by atoms with Gasteiger partial charge in [-0.1, -0.05) is 0 Å². The second kappa shape index (κ2) is 8.41. The smallest absolute Gasteiger partial charge is 0.237 e. The number of hydrogen-bond donors (Lipinski definition) is 2. The predicted octanol–water partition coefficient (Wildman–Crippen LogP) is 0.797. The third-order valence-electron chi connectivity index (χ3n) is 4.20. The summed E-state index contributed by atoms with van der Waals surface area (Å²) in [5.41, 5.74) is 0. The van der Waals surface area contributed by atoms with E-state index >= 15 is 0 Å². The van der Waals surface area contributed by atoms with Crippen molar-refractivity contribution in [1.82, 2.24) is 25.7 Å². The van der Waals surface area contributed by atoms with Gasteiger partial charge in [-0.3, -0.25) is 14.5 Å². The summed E-state index contributed by atoms with van der Waals surface area (Å²) in [5.74, 6) is 1.38. The lowest BCUT2D eigenvalue weighted by molar-refractivity contribution is -0.134. The summed E-state index contributed by atoms with van der Waals surface area (Å²) in [4.78, 5) is 26.5. The highest BCUT2D eigenvalue weighted by Gasteiger charge is 2.32. The molecule has 0 bridgehead atoms. The molecule has 2 N–H and O–H groups in total. The maximum atomic E-state index is 12.3. The number of aromatic nitrogens is 2. The van der Waals surface area contributed by atoms with Crippen molar-refractivity contribution >= 4 is 23.2 Å². The Labute approximate surface area is 156 Å². The topological polar surface area (TPSA) is 100 Å². The standard InChI is InChI=1S/C17H23N5O3S/c1-11-3-4-13(25-11)10-22-8-7-19-17(24)14(22)9-15(23)18-6-5-16-21-20-12(2)26-16/h3-4,14H,5-10H2,1-2H3,(H,18,23)(H,19,24)/t14-/m0/s1. The first-order valence-corrected chi connectivity index (χ1v) is 9.45. The number of hydrogen-bond acceptors (Lipinski definition) is 7. The van der Waals surface area contributed by atoms with E-state index in [1.807, 2.05) is 30.9 Å². The molecule has 3 heterocycles. The van der Waals surface area contributed by atoms with E-state index < -0.39 is 6.04 Å². The maximum Gasteiger partial charge on any atom is 0.237 e. The van der Waals surface area contributed by atoms with Crippen LogP contribution in [0.25, 0.3) is 0 Å². The van der Waals surface area contributed by atoms with Crippen LogP contribution in [0.5, 0.6) is 0 Å². The Hall–Kier alpha value is -2.26. The molecule has 2 aromatic heterocycles. The first-order chi connectivity index (χ1) is 12.5. The van der Waals surface area contributed by atoms with Crippen molar-refractivity contribution < 1.29 is 14.0 Å². The van der Waals surface area contributed by atoms with E-state index in [1.165, 1.54) is 11.3 Å². The molecule has 0 radical (unpaired) electrons. The number of nitrogens with one attached hydrogen (secondary N) is 2. The van der Waals surface area contributed by atoms with Gasteiger partial charge in [-0.2, -0.15) is 0 Å². The van der Waals surface area contributed by atoms with Gasteiger partial charge in [0.15, 0.2) is 0 Å². The Balaban J connectivity index is 1.52. The Morgan fingerprint density at radius 2 is 2.27 bits per heavy atom. The molecule has 26 heavy (non-hydrogen) atoms. The van der Waals surface area contributed by atoms with Gasteiger partial charge in [-0.15, -0.1) is 21.5 Å². The van der Waals surface area contributed by atoms with Crippen molar-refractivity contribution in [3.05, 3.63) is 33.7 Å². The van der Waals surface area contributed by atoms with Crippen LogP contribution in [-0.4, -0.2) is 52.6 Å². The van der Waals surface area contributed by atoms with Gasteiger partial charge in [0, 0.05) is 26.1 Å². The van der Waals surface area contributed by atoms with E-state index in [-0.39, 0.29) is 18.2 Å². The minimum atomic E-state index is -0.488. The van der Waals surface area contributed by atoms with Gasteiger partial charge >= 0.3 is 0 Å². The molecule has 0 saturated carbocycles. The van der Waals surface area contributed by atoms with Crippen LogP contribution < -0.4 is 10.6 Å². The molecule has 3 rings (SSSR count). The molecule has 1 atom stereocenters. The van der Waals surface area contributed by atoms with Crippen molar-refractivity contribution in [3.63, 3.8) is 0 Å². The Morgan fingerprint density at radius 3 is 2.96 bits per heavy atom. The summed E-state index contributed by atoms with van der Waals surface area (Å²) >= 11 is 1.52. The van der Waals surface area contributed by atoms with Crippen LogP contribution >= 0.6 is 11.3 Å². The molecule has 140 valence electrons. The summed E-state index contributed by atoms with van der Waals surface area (Å²) in [6.07, 6.45) is 0.768. The van der Waals surface area contributed by atoms with E-state index in [1.54, 1.807) is 0 Å². The lowest BCUT2D eigenvalue weighted by Crippen LogP contribution is -2.56. The first-order valence-electron chi connectivity index (χ1n) is 8.64. The molecule has 2 aromatic rings. The molecule has 1 saturated heterocycles. The van der Waals surface area contributed by atoms with Gasteiger partial charge in [-0.05, 0) is 26.0 Å². The van der Waals surface area contributed by atoms with Crippen LogP contribution in [0.3, 0.4) is 0 Å². The number of amides is 2. The second-order valence-electron chi connectivity index (χ2n) is 6.31. The second-order valence-corrected chi connectivity index (χ2v) is 7.57. The fourth-order valence-corrected chi connectivity index (χ4v) is 3.65. The van der Waals surface area contributed by atoms with E-state index in [2.05, 4.69) is 20.8 Å². The highest BCUT2D eigenvalue weighted by Crippen LogP contribution is 2.16. The molecule has 0 spiro atoms. The molecule has 0 aromatic carbocycles. The number of aryl methyl sites for hydroxylation is 2. The molecule has 9 heteroatoms. The highest BCUT2D eigenvalue weighted by molar-refractivity contribution is 7.11. The van der Waals surface area contributed by atoms with Crippen LogP contribution in [0.4, 0.5) is 0 Å². The van der Waals surface area contributed by atoms with Crippen LogP contribution in [0.1, 0.15) is 28.0 Å². The Bertz CT molecular complexity index is 772. The van der Waals surface area contributed by atoms with Crippen molar-refractivity contribution in [3.8, 4) is 0 Å². The third-order valence-corrected chi connectivity index (χ3v) is 5.10. The summed E-state index contributed by atoms with van der Waals surface area (Å²) in [6.45, 7) is 6.05. The van der Waals surface area contributed by atoms with Crippen LogP contribution in [0.2, 0.25) is 0 Å². The summed E-state index contributed by atoms with van der Waals surface area (Å²) in [6, 6.07) is 3.32. The van der Waals surface area contributed by atoms with E-state index in [9.17, 15) is 9.59 Å². The number of furan rings is 1. The van der Waals surface area contributed by atoms with Crippen molar-refractivity contribution in [2.24, 2.45) is 0 Å². The van der Waals surface area contributed by atoms with Gasteiger partial charge in [0.25, 0.3) is 0 Å². The lowest BCUT2D eigenvalue weighted by Gasteiger charge is -2.34. The van der Waals surface area contributed by atoms with Gasteiger partial charge in [0.1, 0.15) is 21.5 Å². The average Bonchev–Trinajstić information content (AvgIpc) is 3.19. The zero-order valence-corrected chi connectivity index (χ0v) is 15.8. The molecule has 0 aliphatic carbocycles. The van der Waals surface area contributed by atoms with E-state index in [0.717, 1.165) is 21.5 Å². The zero-order chi connectivity index (χ0) is 18.5. The highest BCUT2D eigenvalue weighted by atomic mass is 32.1. The van der Waals surface area contributed by atoms with Crippen molar-refractivity contribution in [2.75, 3.05) is 19.6 Å². The number of rotatable bonds is 7. The molecule has 1 fully saturated rings. The zero-order valence-electron chi connectivity index (χ0n) is 14.9. The van der Waals surface area contributed by atoms with E-state index in [0.29, 0.717) is 32.6 Å². The SMILES string of the molecule is Cc1ccc(CN2CCNC(=O)[C@@H]2CC(=O)NCCc2nnc(C)s2)o1. The summed E-state index contributed by atoms with van der Waals surface area (Å²) in [7, 11) is 0. The minimum Gasteiger partial charge on any atom is -0.465 e. The molecule has 0 unspecified atom stereocenters. The van der Waals surface area contributed by atoms with Gasteiger partial charge in [-0.25, -0.2) is 0 Å². The summed E-state index contributed by atoms with van der Waals surface area (Å²) in [5, 5.41) is 15.5. The number of carbonyl (C=O) groups excluding carboxylic acids is 2. The quantitative estimate of drug-likeness (QED) is 0.740. The fourth-order valence-electron chi connectivity index (χ4n) is 2.94. The van der Waals surface area contributed by atoms with Gasteiger partial charge < -0.3 is 15.1 Å². The first kappa shape index (κ1) is 18.5. The molecule has 2 amide bonds. The Kier molecular flexibility index (Phi) is 6.00. The van der Waals surface area contributed by atoms with Gasteiger partial charge in [0.05, 0.1) is 19.0 Å². The molecular weight excluding hydrogens is 354 g/mol. The molecule has 8 nitrogen and oxygen atoms in total. The lowest BCUT2D eigenvalue weighted by atomic mass is 10.1. The third kappa shape index (κ3) is 4.89. The predicted molar refractivity (Wildman–Crippen MR) is 96.6 cm³/mol. The normalized spacial score (nSPS) is 17.9. The summed E-state index contributed by atoms with van der Waals surface area (Å²) < 4.78 is 5.61. The molecular formula is C17H23N5O3S. The van der Waals surface area contributed by atoms with E-state index in [4.69, 9.17) is 4.42 Å². The molecule has 1 aliphatic heterocycles. The number of carbonyl (C=O) groups is 2. The van der Waals surface area contributed by atoms with Crippen LogP contribution in [0.15, 0.2) is 16.5 Å². The Morgan fingerprint density at radius 1 is 1.42 bits per heavy atom. The van der Waals surface area contributed by atoms with Crippen molar-refractivity contribution in [2.45, 2.75) is 39.3 Å². The van der Waals surface area contributed by atoms with Crippen molar-refractivity contribution in [1.29, 1.82) is 0 Å². The average molecular weight is 377 g/mol. The largest absolute Gasteiger partial charge is 0.465 e. The van der Waals surface area contributed by atoms with Crippen LogP contribution in [0, 0.1) is 13.8 Å². The van der Waals surface area contributed by atoms with Gasteiger partial charge in [0.2, 0.25) is 11.8 Å². The monoisotopic (exact) mass is 377 g/mol. The number of nitrogens with zero attached hydrogens (tertiary/aromatic N) is 3. The minimum absolute atomic E-state index is 0.116. The van der Waals surface area contributed by atoms with Crippen LogP contribution in [-0.2, 0) is 22.6 Å². The number of piperazine rings is 1.